The molecule has 1 rings (SSSR count). The van der Waals surface area contributed by atoms with Gasteiger partial charge in [-0.3, -0.25) is 9.59 Å². The molecule has 0 bridgehead atoms. The second-order valence-electron chi connectivity index (χ2n) is 4.63. The van der Waals surface area contributed by atoms with Gasteiger partial charge in [-0.2, -0.15) is 0 Å². The molecule has 0 radical (unpaired) electrons. The Morgan fingerprint density at radius 1 is 1.44 bits per heavy atom. The van der Waals surface area contributed by atoms with E-state index in [-0.39, 0.29) is 18.0 Å². The van der Waals surface area contributed by atoms with E-state index in [2.05, 4.69) is 5.32 Å². The highest BCUT2D eigenvalue weighted by Crippen LogP contribution is 2.16. The molecule has 1 fully saturated rings. The van der Waals surface area contributed by atoms with Crippen molar-refractivity contribution >= 4 is 11.8 Å². The van der Waals surface area contributed by atoms with Crippen molar-refractivity contribution in [2.24, 2.45) is 0 Å². The fourth-order valence-electron chi connectivity index (χ4n) is 1.92. The van der Waals surface area contributed by atoms with Crippen molar-refractivity contribution in [2.45, 2.75) is 58.5 Å². The fourth-order valence-corrected chi connectivity index (χ4v) is 1.92. The average Bonchev–Trinajstić information content (AvgIpc) is 2.28. The number of amides is 2. The molecule has 1 N–H and O–H groups in total. The maximum Gasteiger partial charge on any atom is 0.312 e. The SMILES string of the molecule is CCC(C)NC(=O)C(=O)N1CCCCC1C. The summed E-state index contributed by atoms with van der Waals surface area (Å²) in [6.45, 7) is 6.62. The smallest absolute Gasteiger partial charge is 0.312 e. The largest absolute Gasteiger partial charge is 0.345 e. The maximum atomic E-state index is 11.9. The first kappa shape index (κ1) is 13.0. The normalized spacial score (nSPS) is 22.7. The number of carbonyl (C=O) groups is 2. The van der Waals surface area contributed by atoms with Gasteiger partial charge in [-0.1, -0.05) is 6.92 Å². The molecule has 0 aromatic rings. The molecule has 2 atom stereocenters. The van der Waals surface area contributed by atoms with E-state index in [0.717, 1.165) is 25.7 Å². The molecule has 0 aromatic carbocycles. The molecule has 1 aliphatic heterocycles. The molecule has 4 heteroatoms. The topological polar surface area (TPSA) is 49.4 Å². The van der Waals surface area contributed by atoms with Crippen molar-refractivity contribution in [2.75, 3.05) is 6.54 Å². The van der Waals surface area contributed by atoms with Gasteiger partial charge in [-0.25, -0.2) is 0 Å². The van der Waals surface area contributed by atoms with Crippen LogP contribution < -0.4 is 5.32 Å². The maximum absolute atomic E-state index is 11.9. The highest BCUT2D eigenvalue weighted by molar-refractivity contribution is 6.35. The van der Waals surface area contributed by atoms with E-state index in [1.807, 2.05) is 20.8 Å². The van der Waals surface area contributed by atoms with Crippen LogP contribution in [0.3, 0.4) is 0 Å². The lowest BCUT2D eigenvalue weighted by Gasteiger charge is -2.33. The quantitative estimate of drug-likeness (QED) is 0.722. The van der Waals surface area contributed by atoms with E-state index in [9.17, 15) is 9.59 Å². The summed E-state index contributed by atoms with van der Waals surface area (Å²) >= 11 is 0. The first-order valence-electron chi connectivity index (χ1n) is 6.17. The molecule has 16 heavy (non-hydrogen) atoms. The van der Waals surface area contributed by atoms with Crippen LogP contribution in [0.4, 0.5) is 0 Å². The van der Waals surface area contributed by atoms with Crippen LogP contribution in [0.15, 0.2) is 0 Å². The third kappa shape index (κ3) is 3.22. The van der Waals surface area contributed by atoms with Crippen LogP contribution in [0, 0.1) is 0 Å². The summed E-state index contributed by atoms with van der Waals surface area (Å²) in [5.74, 6) is -0.824. The number of rotatable bonds is 2. The number of likely N-dealkylation sites (tertiary alicyclic amines) is 1. The Balaban J connectivity index is 2.52. The molecule has 2 unspecified atom stereocenters. The average molecular weight is 226 g/mol. The van der Waals surface area contributed by atoms with Crippen LogP contribution in [0.25, 0.3) is 0 Å². The Labute approximate surface area is 97.4 Å². The van der Waals surface area contributed by atoms with Crippen LogP contribution in [0.5, 0.6) is 0 Å². The van der Waals surface area contributed by atoms with E-state index in [1.54, 1.807) is 4.90 Å². The van der Waals surface area contributed by atoms with Crippen molar-refractivity contribution in [3.05, 3.63) is 0 Å². The van der Waals surface area contributed by atoms with Crippen molar-refractivity contribution < 1.29 is 9.59 Å². The molecule has 1 aliphatic rings. The standard InChI is InChI=1S/C12H22N2O2/c1-4-9(2)13-11(15)12(16)14-8-6-5-7-10(14)3/h9-10H,4-8H2,1-3H3,(H,13,15). The Bertz CT molecular complexity index is 266. The monoisotopic (exact) mass is 226 g/mol. The fraction of sp³-hybridized carbons (Fsp3) is 0.833. The number of hydrogen-bond acceptors (Lipinski definition) is 2. The minimum atomic E-state index is -0.455. The predicted molar refractivity (Wildman–Crippen MR) is 62.9 cm³/mol. The van der Waals surface area contributed by atoms with E-state index in [0.29, 0.717) is 6.54 Å². The first-order chi connectivity index (χ1) is 7.56. The summed E-state index contributed by atoms with van der Waals surface area (Å²) in [6, 6.07) is 0.264. The lowest BCUT2D eigenvalue weighted by atomic mass is 10.0. The zero-order chi connectivity index (χ0) is 12.1. The zero-order valence-electron chi connectivity index (χ0n) is 10.5. The van der Waals surface area contributed by atoms with Crippen LogP contribution >= 0.6 is 0 Å². The van der Waals surface area contributed by atoms with Crippen LogP contribution in [0.1, 0.15) is 46.5 Å². The Morgan fingerprint density at radius 3 is 2.69 bits per heavy atom. The lowest BCUT2D eigenvalue weighted by Crippen LogP contribution is -2.50. The van der Waals surface area contributed by atoms with Gasteiger partial charge in [0.15, 0.2) is 0 Å². The Hall–Kier alpha value is -1.06. The van der Waals surface area contributed by atoms with Gasteiger partial charge in [0.1, 0.15) is 0 Å². The molecule has 0 aliphatic carbocycles. The summed E-state index contributed by atoms with van der Waals surface area (Å²) in [5, 5.41) is 2.72. The van der Waals surface area contributed by atoms with Gasteiger partial charge in [0, 0.05) is 18.6 Å². The molecule has 4 nitrogen and oxygen atoms in total. The van der Waals surface area contributed by atoms with E-state index >= 15 is 0 Å². The molecule has 1 saturated heterocycles. The lowest BCUT2D eigenvalue weighted by molar-refractivity contribution is -0.148. The number of hydrogen-bond donors (Lipinski definition) is 1. The molecule has 2 amide bonds. The number of nitrogens with zero attached hydrogens (tertiary/aromatic N) is 1. The van der Waals surface area contributed by atoms with E-state index < -0.39 is 5.91 Å². The van der Waals surface area contributed by atoms with Gasteiger partial charge in [0.2, 0.25) is 0 Å². The number of piperidine rings is 1. The Kier molecular flexibility index (Phi) is 4.77. The first-order valence-corrected chi connectivity index (χ1v) is 6.17. The van der Waals surface area contributed by atoms with Crippen LogP contribution in [-0.4, -0.2) is 35.3 Å². The molecule has 0 aromatic heterocycles. The molecule has 92 valence electrons. The summed E-state index contributed by atoms with van der Waals surface area (Å²) in [5.41, 5.74) is 0. The molecule has 0 spiro atoms. The van der Waals surface area contributed by atoms with Gasteiger partial charge >= 0.3 is 11.8 Å². The molecule has 1 heterocycles. The van der Waals surface area contributed by atoms with E-state index in [4.69, 9.17) is 0 Å². The van der Waals surface area contributed by atoms with Crippen molar-refractivity contribution in [3.63, 3.8) is 0 Å². The van der Waals surface area contributed by atoms with Crippen molar-refractivity contribution in [1.82, 2.24) is 10.2 Å². The highest BCUT2D eigenvalue weighted by atomic mass is 16.2. The summed E-state index contributed by atoms with van der Waals surface area (Å²) < 4.78 is 0. The van der Waals surface area contributed by atoms with Gasteiger partial charge in [-0.05, 0) is 39.5 Å². The summed E-state index contributed by atoms with van der Waals surface area (Å²) in [4.78, 5) is 25.2. The minimum Gasteiger partial charge on any atom is -0.345 e. The van der Waals surface area contributed by atoms with Crippen molar-refractivity contribution in [3.8, 4) is 0 Å². The van der Waals surface area contributed by atoms with Gasteiger partial charge in [-0.15, -0.1) is 0 Å². The third-order valence-corrected chi connectivity index (χ3v) is 3.25. The Morgan fingerprint density at radius 2 is 2.12 bits per heavy atom. The second-order valence-corrected chi connectivity index (χ2v) is 4.63. The molecular weight excluding hydrogens is 204 g/mol. The van der Waals surface area contributed by atoms with Crippen molar-refractivity contribution in [1.29, 1.82) is 0 Å². The summed E-state index contributed by atoms with van der Waals surface area (Å²) in [6.07, 6.45) is 4.00. The number of carbonyl (C=O) groups excluding carboxylic acids is 2. The predicted octanol–water partition coefficient (Wildman–Crippen LogP) is 1.30. The van der Waals surface area contributed by atoms with Crippen LogP contribution in [0.2, 0.25) is 0 Å². The zero-order valence-corrected chi connectivity index (χ0v) is 10.5. The van der Waals surface area contributed by atoms with Gasteiger partial charge < -0.3 is 10.2 Å². The van der Waals surface area contributed by atoms with Gasteiger partial charge in [0.05, 0.1) is 0 Å². The van der Waals surface area contributed by atoms with E-state index in [1.165, 1.54) is 0 Å². The third-order valence-electron chi connectivity index (χ3n) is 3.25. The minimum absolute atomic E-state index is 0.0662. The molecule has 0 saturated carbocycles. The number of nitrogens with one attached hydrogen (secondary N) is 1. The van der Waals surface area contributed by atoms with Crippen LogP contribution in [-0.2, 0) is 9.59 Å². The van der Waals surface area contributed by atoms with Gasteiger partial charge in [0.25, 0.3) is 0 Å². The second kappa shape index (κ2) is 5.87. The highest BCUT2D eigenvalue weighted by Gasteiger charge is 2.28. The summed E-state index contributed by atoms with van der Waals surface area (Å²) in [7, 11) is 0. The molecular formula is C12H22N2O2.